The van der Waals surface area contributed by atoms with Crippen molar-refractivity contribution in [1.82, 2.24) is 29.8 Å². The number of amides is 2. The van der Waals surface area contributed by atoms with Gasteiger partial charge in [0.1, 0.15) is 36.8 Å². The lowest BCUT2D eigenvalue weighted by Gasteiger charge is -2.28. The second-order valence-corrected chi connectivity index (χ2v) is 11.3. The van der Waals surface area contributed by atoms with Gasteiger partial charge in [-0.15, -0.1) is 0 Å². The zero-order valence-corrected chi connectivity index (χ0v) is 23.9. The summed E-state index contributed by atoms with van der Waals surface area (Å²) in [5, 5.41) is 15.1. The van der Waals surface area contributed by atoms with Gasteiger partial charge in [-0.25, -0.2) is 29.5 Å². The Morgan fingerprint density at radius 3 is 2.70 bits per heavy atom. The maximum Gasteiger partial charge on any atom is 0.341 e. The van der Waals surface area contributed by atoms with Crippen molar-refractivity contribution in [3.8, 4) is 5.88 Å². The van der Waals surface area contributed by atoms with Crippen LogP contribution in [0.4, 0.5) is 10.6 Å². The van der Waals surface area contributed by atoms with E-state index in [1.165, 1.54) is 25.0 Å². The van der Waals surface area contributed by atoms with Crippen molar-refractivity contribution in [2.45, 2.75) is 75.8 Å². The number of aromatic nitrogens is 5. The summed E-state index contributed by atoms with van der Waals surface area (Å²) in [7, 11) is 0. The third kappa shape index (κ3) is 5.63. The average Bonchev–Trinajstić information content (AvgIpc) is 3.76. The van der Waals surface area contributed by atoms with E-state index in [-0.39, 0.29) is 29.8 Å². The van der Waals surface area contributed by atoms with Crippen molar-refractivity contribution in [2.24, 2.45) is 5.92 Å². The molecule has 0 bridgehead atoms. The molecule has 0 radical (unpaired) electrons. The first-order chi connectivity index (χ1) is 21.5. The van der Waals surface area contributed by atoms with E-state index in [4.69, 9.17) is 18.9 Å². The first-order valence-corrected chi connectivity index (χ1v) is 14.9. The van der Waals surface area contributed by atoms with Gasteiger partial charge in [0.05, 0.1) is 6.33 Å². The Bertz CT molecular complexity index is 1600. The highest BCUT2D eigenvalue weighted by molar-refractivity contribution is 5.96. The number of fused-ring (bicyclic) bond motifs is 2. The molecule has 44 heavy (non-hydrogen) atoms. The second-order valence-electron chi connectivity index (χ2n) is 11.3. The highest BCUT2D eigenvalue weighted by atomic mass is 16.8. The number of carbonyl (C=O) groups is 2. The van der Waals surface area contributed by atoms with Crippen molar-refractivity contribution < 1.29 is 33.6 Å². The van der Waals surface area contributed by atoms with Crippen LogP contribution in [0.1, 0.15) is 61.5 Å². The molecular formula is C30H33N7O7. The molecule has 5 atom stereocenters. The number of nitrogens with zero attached hydrogens (tertiary/aromatic N) is 5. The van der Waals surface area contributed by atoms with Crippen molar-refractivity contribution in [1.29, 1.82) is 0 Å². The highest BCUT2D eigenvalue weighted by Gasteiger charge is 2.55. The van der Waals surface area contributed by atoms with Crippen molar-refractivity contribution in [3.05, 3.63) is 60.5 Å². The Morgan fingerprint density at radius 1 is 1.02 bits per heavy atom. The summed E-state index contributed by atoms with van der Waals surface area (Å²) < 4.78 is 27.1. The van der Waals surface area contributed by atoms with E-state index >= 15 is 0 Å². The van der Waals surface area contributed by atoms with E-state index < -0.39 is 42.8 Å². The first kappa shape index (κ1) is 28.4. The lowest BCUT2D eigenvalue weighted by Crippen LogP contribution is -2.34. The zero-order chi connectivity index (χ0) is 30.0. The number of aromatic carboxylic acids is 1. The lowest BCUT2D eigenvalue weighted by atomic mass is 9.89. The van der Waals surface area contributed by atoms with E-state index in [1.54, 1.807) is 17.0 Å². The molecule has 2 amide bonds. The Labute approximate surface area is 252 Å². The number of urea groups is 1. The summed E-state index contributed by atoms with van der Waals surface area (Å²) in [5.74, 6) is -0.610. The second kappa shape index (κ2) is 12.3. The zero-order valence-electron chi connectivity index (χ0n) is 23.9. The van der Waals surface area contributed by atoms with Gasteiger partial charge in [-0.3, -0.25) is 9.88 Å². The number of allylic oxidation sites excluding steroid dienone is 3. The van der Waals surface area contributed by atoms with Crippen LogP contribution in [0.25, 0.3) is 11.2 Å². The van der Waals surface area contributed by atoms with E-state index in [9.17, 15) is 14.7 Å². The Kier molecular flexibility index (Phi) is 7.93. The highest BCUT2D eigenvalue weighted by Crippen LogP contribution is 2.44. The number of ether oxygens (including phenoxy) is 4. The largest absolute Gasteiger partial charge is 0.477 e. The summed E-state index contributed by atoms with van der Waals surface area (Å²) in [5.41, 5.74) is 1.51. The summed E-state index contributed by atoms with van der Waals surface area (Å²) in [6, 6.07) is 2.54. The van der Waals surface area contributed by atoms with E-state index in [0.29, 0.717) is 11.2 Å². The van der Waals surface area contributed by atoms with Crippen molar-refractivity contribution >= 4 is 29.0 Å². The van der Waals surface area contributed by atoms with Gasteiger partial charge in [0.25, 0.3) is 0 Å². The third-order valence-corrected chi connectivity index (χ3v) is 8.41. The van der Waals surface area contributed by atoms with Crippen LogP contribution in [0.3, 0.4) is 0 Å². The molecule has 5 unspecified atom stereocenters. The topological polar surface area (TPSA) is 172 Å². The maximum atomic E-state index is 12.7. The molecule has 1 saturated carbocycles. The fourth-order valence-corrected chi connectivity index (χ4v) is 6.28. The van der Waals surface area contributed by atoms with Gasteiger partial charge in [0.15, 0.2) is 29.5 Å². The van der Waals surface area contributed by atoms with Gasteiger partial charge < -0.3 is 29.4 Å². The monoisotopic (exact) mass is 603 g/mol. The third-order valence-electron chi connectivity index (χ3n) is 8.41. The van der Waals surface area contributed by atoms with Crippen LogP contribution >= 0.6 is 0 Å². The molecular weight excluding hydrogens is 570 g/mol. The molecule has 230 valence electrons. The molecule has 5 heterocycles. The minimum absolute atomic E-state index is 0.000593. The van der Waals surface area contributed by atoms with Gasteiger partial charge >= 0.3 is 12.0 Å². The number of rotatable bonds is 8. The summed E-state index contributed by atoms with van der Waals surface area (Å²) >= 11 is 0. The van der Waals surface area contributed by atoms with Crippen LogP contribution < -0.4 is 15.4 Å². The van der Waals surface area contributed by atoms with E-state index in [0.717, 1.165) is 44.2 Å². The van der Waals surface area contributed by atoms with Gasteiger partial charge in [0.2, 0.25) is 5.88 Å². The standard InChI is InChI=1S/C30H33N7O7/c38-28(39)19-12-7-13-31-26(19)41-14-20-22-23(44-29(43-22)17-8-3-1-4-9-17)27(42-20)37-16-34-21-24(32-15-33-25(21)37)36-30(40)35-18-10-5-2-6-11-18/h5,7,10-13,15-17,20,22-23,27,29H,1-4,6,8-9,14H2,(H,38,39)(H2,32,33,35,36,40). The molecule has 2 aliphatic heterocycles. The quantitative estimate of drug-likeness (QED) is 0.340. The number of carboxylic acid groups (broad SMARTS) is 1. The van der Waals surface area contributed by atoms with Crippen LogP contribution in [0.5, 0.6) is 5.88 Å². The van der Waals surface area contributed by atoms with Gasteiger partial charge in [-0.2, -0.15) is 0 Å². The number of hydrogen-bond donors (Lipinski definition) is 3. The fourth-order valence-electron chi connectivity index (χ4n) is 6.28. The number of anilines is 1. The molecule has 2 aliphatic carbocycles. The van der Waals surface area contributed by atoms with Crippen LogP contribution in [0, 0.1) is 5.92 Å². The van der Waals surface area contributed by atoms with Crippen LogP contribution in [0.15, 0.2) is 54.9 Å². The molecule has 0 spiro atoms. The molecule has 3 aromatic rings. The summed E-state index contributed by atoms with van der Waals surface area (Å²) in [6.45, 7) is -0.00536. The number of nitrogens with one attached hydrogen (secondary N) is 2. The van der Waals surface area contributed by atoms with Crippen molar-refractivity contribution in [2.75, 3.05) is 11.9 Å². The van der Waals surface area contributed by atoms with Gasteiger partial charge in [-0.05, 0) is 43.9 Å². The molecule has 0 aromatic carbocycles. The molecule has 7 rings (SSSR count). The van der Waals surface area contributed by atoms with Gasteiger partial charge in [-0.1, -0.05) is 31.4 Å². The van der Waals surface area contributed by atoms with Crippen LogP contribution in [-0.4, -0.2) is 72.8 Å². The summed E-state index contributed by atoms with van der Waals surface area (Å²) in [4.78, 5) is 41.7. The maximum absolute atomic E-state index is 12.7. The average molecular weight is 604 g/mol. The Balaban J connectivity index is 1.13. The fraction of sp³-hybridized carbons (Fsp3) is 0.467. The number of carbonyl (C=O) groups excluding carboxylic acids is 1. The van der Waals surface area contributed by atoms with E-state index in [1.807, 2.05) is 18.2 Å². The Morgan fingerprint density at radius 2 is 1.89 bits per heavy atom. The van der Waals surface area contributed by atoms with Crippen molar-refractivity contribution in [3.63, 3.8) is 0 Å². The molecule has 4 aliphatic rings. The number of hydrogen-bond acceptors (Lipinski definition) is 10. The van der Waals surface area contributed by atoms with E-state index in [2.05, 4.69) is 30.6 Å². The molecule has 3 aromatic heterocycles. The Hall–Kier alpha value is -4.40. The minimum atomic E-state index is -1.14. The number of imidazole rings is 1. The molecule has 14 heteroatoms. The van der Waals surface area contributed by atoms with Crippen LogP contribution in [-0.2, 0) is 14.2 Å². The molecule has 3 fully saturated rings. The normalized spacial score (nSPS) is 26.7. The number of carboxylic acids is 1. The molecule has 3 N–H and O–H groups in total. The predicted molar refractivity (Wildman–Crippen MR) is 155 cm³/mol. The smallest absolute Gasteiger partial charge is 0.341 e. The van der Waals surface area contributed by atoms with Crippen LogP contribution in [0.2, 0.25) is 0 Å². The molecule has 2 saturated heterocycles. The minimum Gasteiger partial charge on any atom is -0.477 e. The first-order valence-electron chi connectivity index (χ1n) is 14.9. The molecule has 14 nitrogen and oxygen atoms in total. The van der Waals surface area contributed by atoms with Gasteiger partial charge in [0, 0.05) is 17.8 Å². The lowest BCUT2D eigenvalue weighted by molar-refractivity contribution is -0.173. The SMILES string of the molecule is O=C(NC1=CCCC=C1)Nc1ncnc2c1ncn2C1OC(COc2ncccc2C(=O)O)C2OC(C3CCCCC3)OC21. The number of pyridine rings is 1. The summed E-state index contributed by atoms with van der Waals surface area (Å²) in [6.07, 6.45) is 14.9. The predicted octanol–water partition coefficient (Wildman–Crippen LogP) is 3.94.